The number of hydrogen-bond acceptors (Lipinski definition) is 4. The lowest BCUT2D eigenvalue weighted by molar-refractivity contribution is 0.0691. The molecule has 0 unspecified atom stereocenters. The summed E-state index contributed by atoms with van der Waals surface area (Å²) in [6.07, 6.45) is 1.60. The quantitative estimate of drug-likeness (QED) is 0.820. The molecule has 0 bridgehead atoms. The number of nitrogens with one attached hydrogen (secondary N) is 1. The van der Waals surface area contributed by atoms with Crippen LogP contribution in [0.1, 0.15) is 10.5 Å². The number of para-hydroxylation sites is 1. The Morgan fingerprint density at radius 3 is 2.84 bits per heavy atom. The molecule has 0 saturated carbocycles. The van der Waals surface area contributed by atoms with Gasteiger partial charge in [0.05, 0.1) is 5.02 Å². The smallest absolute Gasteiger partial charge is 0.360 e. The molecule has 0 saturated heterocycles. The van der Waals surface area contributed by atoms with Crippen LogP contribution in [-0.4, -0.2) is 32.6 Å². The van der Waals surface area contributed by atoms with Gasteiger partial charge in [0, 0.05) is 6.54 Å². The lowest BCUT2D eigenvalue weighted by atomic mass is 10.3. The van der Waals surface area contributed by atoms with Gasteiger partial charge in [-0.05, 0) is 12.1 Å². The summed E-state index contributed by atoms with van der Waals surface area (Å²) in [7, 11) is 0. The molecule has 0 radical (unpaired) electrons. The lowest BCUT2D eigenvalue weighted by Gasteiger charge is -2.01. The van der Waals surface area contributed by atoms with Gasteiger partial charge in [0.25, 0.3) is 0 Å². The van der Waals surface area contributed by atoms with Crippen LogP contribution in [0.15, 0.2) is 36.9 Å². The summed E-state index contributed by atoms with van der Waals surface area (Å²) in [6.45, 7) is 3.93. The van der Waals surface area contributed by atoms with E-state index in [1.54, 1.807) is 30.3 Å². The Balaban J connectivity index is 2.45. The van der Waals surface area contributed by atoms with E-state index in [0.29, 0.717) is 17.3 Å². The largest absolute Gasteiger partial charge is 0.476 e. The van der Waals surface area contributed by atoms with Crippen molar-refractivity contribution in [2.45, 2.75) is 0 Å². The number of rotatable bonds is 5. The molecule has 6 nitrogen and oxygen atoms in total. The van der Waals surface area contributed by atoms with Crippen LogP contribution in [0.25, 0.3) is 5.69 Å². The maximum absolute atomic E-state index is 11.1. The fourth-order valence-corrected chi connectivity index (χ4v) is 1.67. The van der Waals surface area contributed by atoms with Crippen LogP contribution in [0, 0.1) is 0 Å². The van der Waals surface area contributed by atoms with E-state index in [9.17, 15) is 4.79 Å². The number of carboxylic acids is 1. The van der Waals surface area contributed by atoms with Crippen LogP contribution in [0.2, 0.25) is 5.02 Å². The van der Waals surface area contributed by atoms with Gasteiger partial charge in [-0.1, -0.05) is 29.8 Å². The molecule has 19 heavy (non-hydrogen) atoms. The molecule has 1 aromatic heterocycles. The third-order valence-corrected chi connectivity index (χ3v) is 2.62. The van der Waals surface area contributed by atoms with E-state index in [4.69, 9.17) is 16.7 Å². The number of carbonyl (C=O) groups is 1. The maximum atomic E-state index is 11.1. The predicted molar refractivity (Wildman–Crippen MR) is 72.0 cm³/mol. The molecule has 0 fully saturated rings. The molecule has 2 N–H and O–H groups in total. The van der Waals surface area contributed by atoms with Gasteiger partial charge in [-0.25, -0.2) is 4.79 Å². The fraction of sp³-hybridized carbons (Fsp3) is 0.0833. The van der Waals surface area contributed by atoms with Crippen molar-refractivity contribution >= 4 is 23.4 Å². The first-order valence-corrected chi connectivity index (χ1v) is 5.81. The van der Waals surface area contributed by atoms with Crippen LogP contribution in [0.3, 0.4) is 0 Å². The molecule has 7 heteroatoms. The molecule has 2 aromatic rings. The zero-order chi connectivity index (χ0) is 13.8. The maximum Gasteiger partial charge on any atom is 0.360 e. The van der Waals surface area contributed by atoms with E-state index in [0.717, 1.165) is 0 Å². The van der Waals surface area contributed by atoms with Crippen molar-refractivity contribution < 1.29 is 9.90 Å². The summed E-state index contributed by atoms with van der Waals surface area (Å²) in [5, 5.41) is 20.3. The van der Waals surface area contributed by atoms with E-state index in [1.807, 2.05) is 0 Å². The van der Waals surface area contributed by atoms with Crippen molar-refractivity contribution in [3.8, 4) is 5.69 Å². The number of benzene rings is 1. The minimum absolute atomic E-state index is 0.165. The molecular formula is C12H11ClN4O2. The highest BCUT2D eigenvalue weighted by atomic mass is 35.5. The summed E-state index contributed by atoms with van der Waals surface area (Å²) < 4.78 is 0. The van der Waals surface area contributed by atoms with E-state index in [2.05, 4.69) is 22.1 Å². The van der Waals surface area contributed by atoms with E-state index in [-0.39, 0.29) is 11.5 Å². The third-order valence-electron chi connectivity index (χ3n) is 2.30. The van der Waals surface area contributed by atoms with Crippen molar-refractivity contribution in [2.75, 3.05) is 11.9 Å². The SMILES string of the molecule is C=CCNc1nn(-c2ccccc2Cl)nc1C(=O)O. The lowest BCUT2D eigenvalue weighted by Crippen LogP contribution is -2.05. The number of hydrogen-bond donors (Lipinski definition) is 2. The topological polar surface area (TPSA) is 80.0 Å². The standard InChI is InChI=1S/C12H11ClN4O2/c1-2-7-14-11-10(12(18)19)15-17(16-11)9-6-4-3-5-8(9)13/h2-6H,1,7H2,(H,14,16)(H,18,19). The van der Waals surface area contributed by atoms with Crippen molar-refractivity contribution in [3.05, 3.63) is 47.6 Å². The number of nitrogens with zero attached hydrogens (tertiary/aromatic N) is 3. The van der Waals surface area contributed by atoms with E-state index in [1.165, 1.54) is 4.80 Å². The Kier molecular flexibility index (Phi) is 3.82. The van der Waals surface area contributed by atoms with Gasteiger partial charge < -0.3 is 10.4 Å². The second-order valence-corrected chi connectivity index (χ2v) is 4.02. The summed E-state index contributed by atoms with van der Waals surface area (Å²) in [5.74, 6) is -0.989. The Morgan fingerprint density at radius 1 is 1.47 bits per heavy atom. The highest BCUT2D eigenvalue weighted by molar-refractivity contribution is 6.32. The first kappa shape index (κ1) is 13.1. The molecule has 0 aliphatic rings. The van der Waals surface area contributed by atoms with E-state index >= 15 is 0 Å². The number of aromatic nitrogens is 3. The number of halogens is 1. The molecule has 0 spiro atoms. The van der Waals surface area contributed by atoms with Gasteiger partial charge in [0.1, 0.15) is 5.69 Å². The van der Waals surface area contributed by atoms with Crippen molar-refractivity contribution in [1.82, 2.24) is 15.0 Å². The van der Waals surface area contributed by atoms with Gasteiger partial charge in [-0.15, -0.1) is 21.6 Å². The minimum Gasteiger partial charge on any atom is -0.476 e. The van der Waals surface area contributed by atoms with Crippen LogP contribution in [0.4, 0.5) is 5.82 Å². The highest BCUT2D eigenvalue weighted by Gasteiger charge is 2.18. The molecule has 1 aromatic carbocycles. The first-order valence-electron chi connectivity index (χ1n) is 5.43. The molecule has 0 aliphatic heterocycles. The zero-order valence-electron chi connectivity index (χ0n) is 9.88. The van der Waals surface area contributed by atoms with Crippen molar-refractivity contribution in [3.63, 3.8) is 0 Å². The van der Waals surface area contributed by atoms with Crippen LogP contribution in [-0.2, 0) is 0 Å². The minimum atomic E-state index is -1.16. The fourth-order valence-electron chi connectivity index (χ4n) is 1.46. The summed E-state index contributed by atoms with van der Waals surface area (Å²) in [5.41, 5.74) is 0.347. The highest BCUT2D eigenvalue weighted by Crippen LogP contribution is 2.20. The van der Waals surface area contributed by atoms with Crippen LogP contribution >= 0.6 is 11.6 Å². The number of carboxylic acid groups (broad SMARTS) is 1. The van der Waals surface area contributed by atoms with Crippen LogP contribution in [0.5, 0.6) is 0 Å². The Labute approximate surface area is 114 Å². The molecule has 0 aliphatic carbocycles. The Hall–Kier alpha value is -2.34. The third kappa shape index (κ3) is 2.74. The molecule has 98 valence electrons. The van der Waals surface area contributed by atoms with Crippen LogP contribution < -0.4 is 5.32 Å². The van der Waals surface area contributed by atoms with E-state index < -0.39 is 5.97 Å². The van der Waals surface area contributed by atoms with Crippen molar-refractivity contribution in [1.29, 1.82) is 0 Å². The zero-order valence-corrected chi connectivity index (χ0v) is 10.6. The second kappa shape index (κ2) is 5.53. The average molecular weight is 279 g/mol. The molecule has 0 atom stereocenters. The normalized spacial score (nSPS) is 10.2. The Morgan fingerprint density at radius 2 is 2.21 bits per heavy atom. The summed E-state index contributed by atoms with van der Waals surface area (Å²) in [4.78, 5) is 12.3. The molecular weight excluding hydrogens is 268 g/mol. The van der Waals surface area contributed by atoms with Gasteiger partial charge in [-0.2, -0.15) is 0 Å². The Bertz CT molecular complexity index is 624. The number of aromatic carboxylic acids is 1. The van der Waals surface area contributed by atoms with Gasteiger partial charge in [-0.3, -0.25) is 0 Å². The summed E-state index contributed by atoms with van der Waals surface area (Å²) >= 11 is 6.02. The molecule has 2 rings (SSSR count). The second-order valence-electron chi connectivity index (χ2n) is 3.61. The predicted octanol–water partition coefficient (Wildman–Crippen LogP) is 2.22. The number of anilines is 1. The van der Waals surface area contributed by atoms with Gasteiger partial charge in [0.15, 0.2) is 5.82 Å². The monoisotopic (exact) mass is 278 g/mol. The van der Waals surface area contributed by atoms with Crippen molar-refractivity contribution in [2.24, 2.45) is 0 Å². The molecule has 0 amide bonds. The first-order chi connectivity index (χ1) is 9.13. The van der Waals surface area contributed by atoms with Gasteiger partial charge >= 0.3 is 5.97 Å². The molecule has 1 heterocycles. The van der Waals surface area contributed by atoms with Gasteiger partial charge in [0.2, 0.25) is 5.69 Å². The average Bonchev–Trinajstić information content (AvgIpc) is 2.81. The summed E-state index contributed by atoms with van der Waals surface area (Å²) in [6, 6.07) is 6.91.